The zero-order valence-electron chi connectivity index (χ0n) is 8.57. The Morgan fingerprint density at radius 3 is 2.86 bits per heavy atom. The van der Waals surface area contributed by atoms with Crippen LogP contribution in [0.25, 0.3) is 0 Å². The largest absolute Gasteiger partial charge is 0.453 e. The molecule has 1 heterocycles. The zero-order valence-corrected chi connectivity index (χ0v) is 8.57. The van der Waals surface area contributed by atoms with Crippen molar-refractivity contribution in [3.8, 4) is 0 Å². The van der Waals surface area contributed by atoms with Crippen molar-refractivity contribution in [3.63, 3.8) is 0 Å². The molecule has 0 aliphatic heterocycles. The van der Waals surface area contributed by atoms with Crippen LogP contribution >= 0.6 is 0 Å². The Bertz CT molecular complexity index is 324. The Hall–Kier alpha value is -1.58. The molecule has 1 aromatic heterocycles. The molecule has 0 unspecified atom stereocenters. The number of carbonyl (C=O) groups is 1. The number of hydrogen-bond acceptors (Lipinski definition) is 3. The van der Waals surface area contributed by atoms with E-state index in [-0.39, 0.29) is 0 Å². The zero-order chi connectivity index (χ0) is 10.6. The third-order valence-electron chi connectivity index (χ3n) is 1.87. The summed E-state index contributed by atoms with van der Waals surface area (Å²) in [6, 6.07) is 3.76. The van der Waals surface area contributed by atoms with Gasteiger partial charge in [-0.2, -0.15) is 0 Å². The minimum atomic E-state index is -0.501. The fourth-order valence-corrected chi connectivity index (χ4v) is 1.03. The maximum absolute atomic E-state index is 10.9. The third-order valence-corrected chi connectivity index (χ3v) is 1.87. The van der Waals surface area contributed by atoms with E-state index >= 15 is 0 Å². The molecule has 0 aromatic carbocycles. The van der Waals surface area contributed by atoms with E-state index in [9.17, 15) is 4.79 Å². The van der Waals surface area contributed by atoms with Crippen molar-refractivity contribution in [3.05, 3.63) is 23.9 Å². The quantitative estimate of drug-likeness (QED) is 0.786. The molecule has 1 rings (SSSR count). The number of amides is 1. The fourth-order valence-electron chi connectivity index (χ4n) is 1.03. The lowest BCUT2D eigenvalue weighted by Gasteiger charge is -2.07. The number of ether oxygens (including phenoxy) is 1. The summed E-state index contributed by atoms with van der Waals surface area (Å²) in [7, 11) is 1.32. The molecule has 1 N–H and O–H groups in total. The summed E-state index contributed by atoms with van der Waals surface area (Å²) in [5, 5.41) is 2.51. The van der Waals surface area contributed by atoms with Crippen molar-refractivity contribution >= 4 is 11.9 Å². The number of aromatic nitrogens is 1. The number of hydrogen-bond donors (Lipinski definition) is 1. The number of methoxy groups -OCH3 is 1. The van der Waals surface area contributed by atoms with Gasteiger partial charge in [0.15, 0.2) is 0 Å². The molecule has 76 valence electrons. The highest BCUT2D eigenvalue weighted by molar-refractivity contribution is 5.83. The molecule has 0 bridgehead atoms. The van der Waals surface area contributed by atoms with Gasteiger partial charge in [0.05, 0.1) is 7.11 Å². The molecule has 0 fully saturated rings. The van der Waals surface area contributed by atoms with E-state index in [0.717, 1.165) is 5.56 Å². The monoisotopic (exact) mass is 194 g/mol. The van der Waals surface area contributed by atoms with Gasteiger partial charge in [-0.1, -0.05) is 13.8 Å². The number of anilines is 1. The molecule has 0 saturated carbocycles. The van der Waals surface area contributed by atoms with Gasteiger partial charge in [-0.3, -0.25) is 5.32 Å². The van der Waals surface area contributed by atoms with Gasteiger partial charge in [-0.05, 0) is 23.6 Å². The number of nitrogens with zero attached hydrogens (tertiary/aromatic N) is 1. The van der Waals surface area contributed by atoms with Crippen LogP contribution in [0.15, 0.2) is 18.3 Å². The number of rotatable bonds is 2. The van der Waals surface area contributed by atoms with Crippen LogP contribution in [0.1, 0.15) is 25.3 Å². The first-order valence-electron chi connectivity index (χ1n) is 4.44. The predicted octanol–water partition coefficient (Wildman–Crippen LogP) is 2.38. The number of pyridine rings is 1. The topological polar surface area (TPSA) is 51.2 Å². The highest BCUT2D eigenvalue weighted by Crippen LogP contribution is 2.16. The van der Waals surface area contributed by atoms with Crippen LogP contribution < -0.4 is 5.32 Å². The first kappa shape index (κ1) is 10.5. The minimum Gasteiger partial charge on any atom is -0.453 e. The second kappa shape index (κ2) is 4.60. The Labute approximate surface area is 83.3 Å². The Kier molecular flexibility index (Phi) is 3.45. The van der Waals surface area contributed by atoms with Crippen LogP contribution in [0, 0.1) is 0 Å². The first-order valence-corrected chi connectivity index (χ1v) is 4.44. The van der Waals surface area contributed by atoms with Gasteiger partial charge in [-0.25, -0.2) is 9.78 Å². The Balaban J connectivity index is 2.78. The molecule has 4 heteroatoms. The maximum Gasteiger partial charge on any atom is 0.412 e. The van der Waals surface area contributed by atoms with E-state index in [1.54, 1.807) is 6.20 Å². The van der Waals surface area contributed by atoms with Gasteiger partial charge in [-0.15, -0.1) is 0 Å². The third kappa shape index (κ3) is 2.73. The molecule has 0 radical (unpaired) electrons. The molecular weight excluding hydrogens is 180 g/mol. The van der Waals surface area contributed by atoms with Crippen LogP contribution in [0.3, 0.4) is 0 Å². The van der Waals surface area contributed by atoms with Crippen molar-refractivity contribution in [2.75, 3.05) is 12.4 Å². The molecule has 0 atom stereocenters. The number of carbonyl (C=O) groups excluding carboxylic acids is 1. The molecule has 1 amide bonds. The lowest BCUT2D eigenvalue weighted by molar-refractivity contribution is 0.187. The maximum atomic E-state index is 10.9. The highest BCUT2D eigenvalue weighted by Gasteiger charge is 2.04. The highest BCUT2D eigenvalue weighted by atomic mass is 16.5. The molecule has 0 aliphatic rings. The summed E-state index contributed by atoms with van der Waals surface area (Å²) in [6.07, 6.45) is 1.17. The van der Waals surface area contributed by atoms with Crippen molar-refractivity contribution < 1.29 is 9.53 Å². The SMILES string of the molecule is COC(=O)Nc1cc(C(C)C)ccn1. The van der Waals surface area contributed by atoms with Crippen LogP contribution in [0.4, 0.5) is 10.6 Å². The molecule has 1 aromatic rings. The lowest BCUT2D eigenvalue weighted by Crippen LogP contribution is -2.12. The molecule has 4 nitrogen and oxygen atoms in total. The molecule has 14 heavy (non-hydrogen) atoms. The normalized spacial score (nSPS) is 10.0. The predicted molar refractivity (Wildman–Crippen MR) is 54.4 cm³/mol. The van der Waals surface area contributed by atoms with Gasteiger partial charge >= 0.3 is 6.09 Å². The average molecular weight is 194 g/mol. The summed E-state index contributed by atoms with van der Waals surface area (Å²) in [6.45, 7) is 4.16. The van der Waals surface area contributed by atoms with Gasteiger partial charge in [0.25, 0.3) is 0 Å². The van der Waals surface area contributed by atoms with Crippen LogP contribution in [-0.4, -0.2) is 18.2 Å². The van der Waals surface area contributed by atoms with Gasteiger partial charge in [0.1, 0.15) is 5.82 Å². The van der Waals surface area contributed by atoms with E-state index in [2.05, 4.69) is 28.9 Å². The molecule has 0 aliphatic carbocycles. The standard InChI is InChI=1S/C10H14N2O2/c1-7(2)8-4-5-11-9(6-8)12-10(13)14-3/h4-7H,1-3H3,(H,11,12,13). The van der Waals surface area contributed by atoms with E-state index < -0.39 is 6.09 Å². The Morgan fingerprint density at radius 1 is 1.57 bits per heavy atom. The molecule has 0 saturated heterocycles. The van der Waals surface area contributed by atoms with Crippen LogP contribution in [0.2, 0.25) is 0 Å². The van der Waals surface area contributed by atoms with Crippen LogP contribution in [0.5, 0.6) is 0 Å². The van der Waals surface area contributed by atoms with Crippen molar-refractivity contribution in [1.82, 2.24) is 4.98 Å². The average Bonchev–Trinajstić information content (AvgIpc) is 2.18. The smallest absolute Gasteiger partial charge is 0.412 e. The summed E-state index contributed by atoms with van der Waals surface area (Å²) >= 11 is 0. The van der Waals surface area contributed by atoms with Gasteiger partial charge in [0.2, 0.25) is 0 Å². The van der Waals surface area contributed by atoms with Crippen molar-refractivity contribution in [1.29, 1.82) is 0 Å². The van der Waals surface area contributed by atoms with E-state index in [1.807, 2.05) is 12.1 Å². The van der Waals surface area contributed by atoms with E-state index in [0.29, 0.717) is 11.7 Å². The summed E-state index contributed by atoms with van der Waals surface area (Å²) in [5.41, 5.74) is 1.13. The summed E-state index contributed by atoms with van der Waals surface area (Å²) in [5.74, 6) is 0.930. The van der Waals surface area contributed by atoms with Crippen LogP contribution in [-0.2, 0) is 4.74 Å². The molecular formula is C10H14N2O2. The Morgan fingerprint density at radius 2 is 2.29 bits per heavy atom. The number of nitrogens with one attached hydrogen (secondary N) is 1. The minimum absolute atomic E-state index is 0.413. The lowest BCUT2D eigenvalue weighted by atomic mass is 10.1. The second-order valence-corrected chi connectivity index (χ2v) is 3.25. The van der Waals surface area contributed by atoms with Crippen molar-refractivity contribution in [2.24, 2.45) is 0 Å². The second-order valence-electron chi connectivity index (χ2n) is 3.25. The van der Waals surface area contributed by atoms with Crippen molar-refractivity contribution in [2.45, 2.75) is 19.8 Å². The summed E-state index contributed by atoms with van der Waals surface area (Å²) < 4.78 is 4.46. The fraction of sp³-hybridized carbons (Fsp3) is 0.400. The van der Waals surface area contributed by atoms with Gasteiger partial charge in [0, 0.05) is 6.20 Å². The van der Waals surface area contributed by atoms with E-state index in [4.69, 9.17) is 0 Å². The van der Waals surface area contributed by atoms with E-state index in [1.165, 1.54) is 7.11 Å². The summed E-state index contributed by atoms with van der Waals surface area (Å²) in [4.78, 5) is 14.9. The molecule has 0 spiro atoms. The first-order chi connectivity index (χ1) is 6.63. The van der Waals surface area contributed by atoms with Gasteiger partial charge < -0.3 is 4.74 Å².